The molecule has 33 heavy (non-hydrogen) atoms. The number of ketones is 1. The Bertz CT molecular complexity index is 1330. The van der Waals surface area contributed by atoms with Crippen LogP contribution >= 0.6 is 0 Å². The average Bonchev–Trinajstić information content (AvgIpc) is 3.33. The van der Waals surface area contributed by atoms with Crippen LogP contribution in [0, 0.1) is 6.92 Å². The van der Waals surface area contributed by atoms with Gasteiger partial charge in [-0.2, -0.15) is 5.10 Å². The zero-order chi connectivity index (χ0) is 23.1. The van der Waals surface area contributed by atoms with Gasteiger partial charge in [0.1, 0.15) is 35.5 Å². The van der Waals surface area contributed by atoms with Crippen LogP contribution in [-0.2, 0) is 17.8 Å². The van der Waals surface area contributed by atoms with Crippen molar-refractivity contribution in [2.45, 2.75) is 46.7 Å². The first-order chi connectivity index (χ1) is 15.9. The van der Waals surface area contributed by atoms with Crippen LogP contribution in [0.4, 0.5) is 0 Å². The van der Waals surface area contributed by atoms with Gasteiger partial charge in [0.2, 0.25) is 0 Å². The van der Waals surface area contributed by atoms with Crippen molar-refractivity contribution >= 4 is 5.78 Å². The Kier molecular flexibility index (Phi) is 5.28. The van der Waals surface area contributed by atoms with Crippen molar-refractivity contribution in [3.05, 3.63) is 54.2 Å². The standard InChI is InChI=1S/C25H26N6O2/c1-15(2)31-25(27-17(4)29-31)22-14-30-9-10-33-23-12-18(6-8-21(23)24(30)28-22)19-5-7-20(26-13-19)11-16(3)32/h5-8,12-15H,9-11H2,1-4H3. The molecule has 0 aliphatic carbocycles. The van der Waals surface area contributed by atoms with Crippen LogP contribution in [-0.4, -0.2) is 41.7 Å². The van der Waals surface area contributed by atoms with Gasteiger partial charge in [-0.3, -0.25) is 9.78 Å². The number of rotatable bonds is 5. The predicted molar refractivity (Wildman–Crippen MR) is 125 cm³/mol. The van der Waals surface area contributed by atoms with Gasteiger partial charge in [-0.15, -0.1) is 0 Å². The monoisotopic (exact) mass is 442 g/mol. The SMILES string of the molecule is CC(=O)Cc1ccc(-c2ccc3c(c2)OCCn2cc(-c4nc(C)nn4C(C)C)nc2-3)cn1. The molecule has 0 fully saturated rings. The van der Waals surface area contributed by atoms with E-state index < -0.39 is 0 Å². The van der Waals surface area contributed by atoms with E-state index in [1.807, 2.05) is 42.1 Å². The number of carbonyl (C=O) groups excluding carboxylic acids is 1. The van der Waals surface area contributed by atoms with Crippen LogP contribution in [0.2, 0.25) is 0 Å². The number of Topliss-reactive ketones (excluding diaryl/α,β-unsaturated/α-hetero) is 1. The summed E-state index contributed by atoms with van der Waals surface area (Å²) in [5.74, 6) is 3.26. The Morgan fingerprint density at radius 1 is 1.12 bits per heavy atom. The minimum absolute atomic E-state index is 0.102. The van der Waals surface area contributed by atoms with Gasteiger partial charge in [-0.05, 0) is 51.5 Å². The number of hydrogen-bond donors (Lipinski definition) is 0. The van der Waals surface area contributed by atoms with Gasteiger partial charge in [-0.25, -0.2) is 14.6 Å². The van der Waals surface area contributed by atoms with E-state index in [-0.39, 0.29) is 11.8 Å². The number of carbonyl (C=O) groups is 1. The van der Waals surface area contributed by atoms with Gasteiger partial charge < -0.3 is 9.30 Å². The molecule has 5 rings (SSSR count). The third-order valence-corrected chi connectivity index (χ3v) is 5.63. The maximum absolute atomic E-state index is 11.3. The molecule has 3 aromatic heterocycles. The summed E-state index contributed by atoms with van der Waals surface area (Å²) in [6, 6.07) is 10.2. The highest BCUT2D eigenvalue weighted by atomic mass is 16.5. The normalized spacial score (nSPS) is 12.8. The molecular formula is C25H26N6O2. The third-order valence-electron chi connectivity index (χ3n) is 5.63. The first-order valence-electron chi connectivity index (χ1n) is 11.1. The number of imidazole rings is 1. The summed E-state index contributed by atoms with van der Waals surface area (Å²) in [5, 5.41) is 4.53. The second-order valence-corrected chi connectivity index (χ2v) is 8.64. The van der Waals surface area contributed by atoms with E-state index in [1.165, 1.54) is 0 Å². The molecule has 4 aromatic rings. The molecule has 1 aromatic carbocycles. The fourth-order valence-corrected chi connectivity index (χ4v) is 4.09. The van der Waals surface area contributed by atoms with E-state index in [2.05, 4.69) is 39.5 Å². The summed E-state index contributed by atoms with van der Waals surface area (Å²) in [4.78, 5) is 25.3. The number of ether oxygens (including phenoxy) is 1. The quantitative estimate of drug-likeness (QED) is 0.458. The Balaban J connectivity index is 1.51. The molecule has 1 aliphatic rings. The molecule has 0 atom stereocenters. The van der Waals surface area contributed by atoms with Crippen LogP contribution in [0.1, 0.15) is 38.3 Å². The van der Waals surface area contributed by atoms with Gasteiger partial charge in [0.25, 0.3) is 0 Å². The first kappa shape index (κ1) is 21.1. The molecule has 0 unspecified atom stereocenters. The van der Waals surface area contributed by atoms with Crippen molar-refractivity contribution in [2.24, 2.45) is 0 Å². The molecule has 0 spiro atoms. The summed E-state index contributed by atoms with van der Waals surface area (Å²) >= 11 is 0. The molecule has 0 saturated carbocycles. The summed E-state index contributed by atoms with van der Waals surface area (Å²) in [5.41, 5.74) is 4.50. The second kappa shape index (κ2) is 8.27. The lowest BCUT2D eigenvalue weighted by Gasteiger charge is -2.10. The average molecular weight is 443 g/mol. The van der Waals surface area contributed by atoms with Crippen molar-refractivity contribution < 1.29 is 9.53 Å². The molecule has 8 heteroatoms. The zero-order valence-electron chi connectivity index (χ0n) is 19.2. The molecule has 0 radical (unpaired) electrons. The molecule has 4 heterocycles. The predicted octanol–water partition coefficient (Wildman–Crippen LogP) is 4.28. The fraction of sp³-hybridized carbons (Fsp3) is 0.320. The van der Waals surface area contributed by atoms with E-state index in [0.29, 0.717) is 19.6 Å². The van der Waals surface area contributed by atoms with Crippen LogP contribution in [0.5, 0.6) is 5.75 Å². The molecule has 0 amide bonds. The summed E-state index contributed by atoms with van der Waals surface area (Å²) in [7, 11) is 0. The van der Waals surface area contributed by atoms with E-state index in [4.69, 9.17) is 9.72 Å². The van der Waals surface area contributed by atoms with Crippen molar-refractivity contribution in [2.75, 3.05) is 6.61 Å². The molecule has 0 N–H and O–H groups in total. The van der Waals surface area contributed by atoms with Crippen molar-refractivity contribution in [3.63, 3.8) is 0 Å². The number of benzene rings is 1. The van der Waals surface area contributed by atoms with Crippen molar-refractivity contribution in [3.8, 4) is 39.8 Å². The lowest BCUT2D eigenvalue weighted by molar-refractivity contribution is -0.116. The van der Waals surface area contributed by atoms with Gasteiger partial charge >= 0.3 is 0 Å². The smallest absolute Gasteiger partial charge is 0.178 e. The zero-order valence-corrected chi connectivity index (χ0v) is 19.2. The highest BCUT2D eigenvalue weighted by Crippen LogP contribution is 2.36. The van der Waals surface area contributed by atoms with E-state index in [0.717, 1.165) is 51.3 Å². The summed E-state index contributed by atoms with van der Waals surface area (Å²) in [6.45, 7) is 8.89. The largest absolute Gasteiger partial charge is 0.491 e. The Morgan fingerprint density at radius 3 is 2.67 bits per heavy atom. The molecule has 0 bridgehead atoms. The van der Waals surface area contributed by atoms with Gasteiger partial charge in [0.05, 0.1) is 12.1 Å². The van der Waals surface area contributed by atoms with Gasteiger partial charge in [-0.1, -0.05) is 12.1 Å². The van der Waals surface area contributed by atoms with Gasteiger partial charge in [0, 0.05) is 36.1 Å². The molecule has 8 nitrogen and oxygen atoms in total. The van der Waals surface area contributed by atoms with Crippen LogP contribution in [0.3, 0.4) is 0 Å². The second-order valence-electron chi connectivity index (χ2n) is 8.64. The minimum atomic E-state index is 0.102. The van der Waals surface area contributed by atoms with Crippen LogP contribution in [0.25, 0.3) is 34.0 Å². The summed E-state index contributed by atoms with van der Waals surface area (Å²) in [6.07, 6.45) is 4.18. The number of aromatic nitrogens is 6. The minimum Gasteiger partial charge on any atom is -0.491 e. The topological polar surface area (TPSA) is 87.7 Å². The number of pyridine rings is 1. The van der Waals surface area contributed by atoms with E-state index >= 15 is 0 Å². The molecule has 0 saturated heterocycles. The lowest BCUT2D eigenvalue weighted by Crippen LogP contribution is -2.06. The highest BCUT2D eigenvalue weighted by Gasteiger charge is 2.22. The van der Waals surface area contributed by atoms with Gasteiger partial charge in [0.15, 0.2) is 5.82 Å². The Morgan fingerprint density at radius 2 is 1.94 bits per heavy atom. The van der Waals surface area contributed by atoms with Crippen LogP contribution in [0.15, 0.2) is 42.7 Å². The molecule has 168 valence electrons. The maximum Gasteiger partial charge on any atom is 0.178 e. The van der Waals surface area contributed by atoms with E-state index in [1.54, 1.807) is 13.1 Å². The Labute approximate surface area is 192 Å². The van der Waals surface area contributed by atoms with Crippen molar-refractivity contribution in [1.29, 1.82) is 0 Å². The number of aryl methyl sites for hydroxylation is 1. The van der Waals surface area contributed by atoms with E-state index in [9.17, 15) is 4.79 Å². The highest BCUT2D eigenvalue weighted by molar-refractivity contribution is 5.78. The maximum atomic E-state index is 11.3. The molecular weight excluding hydrogens is 416 g/mol. The lowest BCUT2D eigenvalue weighted by atomic mass is 10.0. The summed E-state index contributed by atoms with van der Waals surface area (Å²) < 4.78 is 10.1. The third kappa shape index (κ3) is 4.04. The molecule has 1 aliphatic heterocycles. The Hall–Kier alpha value is -3.81. The first-order valence-corrected chi connectivity index (χ1v) is 11.1. The number of fused-ring (bicyclic) bond motifs is 3. The number of hydrogen-bond acceptors (Lipinski definition) is 6. The van der Waals surface area contributed by atoms with Crippen LogP contribution < -0.4 is 4.74 Å². The number of nitrogens with zero attached hydrogens (tertiary/aromatic N) is 6. The van der Waals surface area contributed by atoms with Crippen molar-refractivity contribution in [1.82, 2.24) is 29.3 Å². The fourth-order valence-electron chi connectivity index (χ4n) is 4.09.